The highest BCUT2D eigenvalue weighted by Gasteiger charge is 2.15. The lowest BCUT2D eigenvalue weighted by Crippen LogP contribution is -2.37. The molecule has 2 aromatic carbocycles. The molecule has 0 aliphatic heterocycles. The summed E-state index contributed by atoms with van der Waals surface area (Å²) >= 11 is 1.76. The van der Waals surface area contributed by atoms with Crippen LogP contribution in [0.3, 0.4) is 0 Å². The molecule has 0 aliphatic carbocycles. The molecule has 1 aromatic heterocycles. The Hall–Kier alpha value is -2.08. The maximum Gasteiger partial charge on any atom is 0.0775 e. The van der Waals surface area contributed by atoms with Crippen LogP contribution in [0, 0.1) is 11.8 Å². The molecule has 0 saturated carbocycles. The van der Waals surface area contributed by atoms with E-state index in [-0.39, 0.29) is 0 Å². The lowest BCUT2D eigenvalue weighted by molar-refractivity contribution is 1.62. The van der Waals surface area contributed by atoms with Crippen molar-refractivity contribution in [1.29, 1.82) is 0 Å². The molecule has 0 amide bonds. The van der Waals surface area contributed by atoms with Crippen molar-refractivity contribution in [3.63, 3.8) is 0 Å². The van der Waals surface area contributed by atoms with Gasteiger partial charge >= 0.3 is 0 Å². The van der Waals surface area contributed by atoms with Crippen LogP contribution in [0.4, 0.5) is 0 Å². The molecule has 2 heteroatoms. The van der Waals surface area contributed by atoms with Crippen LogP contribution in [0.1, 0.15) is 11.1 Å². The van der Waals surface area contributed by atoms with Gasteiger partial charge in [-0.1, -0.05) is 67.0 Å². The smallest absolute Gasteiger partial charge is 0.0775 e. The number of thiophene rings is 1. The van der Waals surface area contributed by atoms with Crippen molar-refractivity contribution in [3.05, 3.63) is 77.2 Å². The molecule has 0 spiro atoms. The Kier molecular flexibility index (Phi) is 4.52. The van der Waals surface area contributed by atoms with Crippen molar-refractivity contribution in [1.82, 2.24) is 0 Å². The SMILES string of the molecule is C[Si](C)(C)c1ccc(C#Cc2ccc(-c3cccs3)cc2)cc1. The van der Waals surface area contributed by atoms with Crippen molar-refractivity contribution < 1.29 is 0 Å². The zero-order chi connectivity index (χ0) is 16.3. The van der Waals surface area contributed by atoms with Gasteiger partial charge in [-0.25, -0.2) is 0 Å². The molecule has 1 heterocycles. The monoisotopic (exact) mass is 332 g/mol. The van der Waals surface area contributed by atoms with Crippen LogP contribution in [0.2, 0.25) is 19.6 Å². The van der Waals surface area contributed by atoms with Crippen LogP contribution in [0.15, 0.2) is 66.0 Å². The fourth-order valence-electron chi connectivity index (χ4n) is 2.36. The van der Waals surface area contributed by atoms with E-state index in [0.29, 0.717) is 0 Å². The lowest BCUT2D eigenvalue weighted by atomic mass is 10.1. The van der Waals surface area contributed by atoms with Gasteiger partial charge in [-0.15, -0.1) is 11.3 Å². The van der Waals surface area contributed by atoms with Crippen LogP contribution in [-0.2, 0) is 0 Å². The summed E-state index contributed by atoms with van der Waals surface area (Å²) in [6.07, 6.45) is 0. The molecule has 0 radical (unpaired) electrons. The number of rotatable bonds is 2. The molecule has 0 unspecified atom stereocenters. The Labute approximate surface area is 143 Å². The van der Waals surface area contributed by atoms with E-state index < -0.39 is 8.07 Å². The Balaban J connectivity index is 1.76. The summed E-state index contributed by atoms with van der Waals surface area (Å²) in [7, 11) is -1.22. The third-order valence-corrected chi connectivity index (χ3v) is 6.78. The molecule has 23 heavy (non-hydrogen) atoms. The van der Waals surface area contributed by atoms with Gasteiger partial charge < -0.3 is 0 Å². The van der Waals surface area contributed by atoms with Crippen LogP contribution in [0.5, 0.6) is 0 Å². The summed E-state index contributed by atoms with van der Waals surface area (Å²) in [4.78, 5) is 1.30. The molecule has 0 fully saturated rings. The van der Waals surface area contributed by atoms with E-state index in [1.54, 1.807) is 11.3 Å². The normalized spacial score (nSPS) is 10.9. The summed E-state index contributed by atoms with van der Waals surface area (Å²) in [5.74, 6) is 6.52. The molecule has 0 N–H and O–H groups in total. The van der Waals surface area contributed by atoms with E-state index in [1.807, 2.05) is 0 Å². The van der Waals surface area contributed by atoms with Gasteiger partial charge in [0.1, 0.15) is 0 Å². The van der Waals surface area contributed by atoms with Crippen LogP contribution >= 0.6 is 11.3 Å². The largest absolute Gasteiger partial charge is 0.144 e. The number of hydrogen-bond donors (Lipinski definition) is 0. The Morgan fingerprint density at radius 1 is 0.739 bits per heavy atom. The number of benzene rings is 2. The van der Waals surface area contributed by atoms with Gasteiger partial charge in [0.05, 0.1) is 8.07 Å². The highest BCUT2D eigenvalue weighted by Crippen LogP contribution is 2.24. The maximum absolute atomic E-state index is 3.26. The third-order valence-electron chi connectivity index (χ3n) is 3.79. The van der Waals surface area contributed by atoms with Crippen molar-refractivity contribution in [2.24, 2.45) is 0 Å². The minimum atomic E-state index is -1.22. The Morgan fingerprint density at radius 3 is 1.78 bits per heavy atom. The van der Waals surface area contributed by atoms with E-state index in [9.17, 15) is 0 Å². The molecule has 114 valence electrons. The topological polar surface area (TPSA) is 0 Å². The van der Waals surface area contributed by atoms with E-state index in [4.69, 9.17) is 0 Å². The Bertz CT molecular complexity index is 824. The van der Waals surface area contributed by atoms with E-state index in [1.165, 1.54) is 15.6 Å². The lowest BCUT2D eigenvalue weighted by Gasteiger charge is -2.15. The second-order valence-corrected chi connectivity index (χ2v) is 12.7. The molecular formula is C21H20SSi. The minimum Gasteiger partial charge on any atom is -0.144 e. The number of hydrogen-bond acceptors (Lipinski definition) is 1. The zero-order valence-corrected chi connectivity index (χ0v) is 15.6. The molecule has 0 saturated heterocycles. The predicted octanol–water partition coefficient (Wildman–Crippen LogP) is 5.36. The fraction of sp³-hybridized carbons (Fsp3) is 0.143. The summed E-state index contributed by atoms with van der Waals surface area (Å²) < 4.78 is 0. The minimum absolute atomic E-state index is 1.06. The highest BCUT2D eigenvalue weighted by atomic mass is 32.1. The summed E-state index contributed by atoms with van der Waals surface area (Å²) in [5.41, 5.74) is 3.39. The average molecular weight is 333 g/mol. The molecule has 0 atom stereocenters. The quantitative estimate of drug-likeness (QED) is 0.438. The van der Waals surface area contributed by atoms with E-state index in [2.05, 4.69) is 97.5 Å². The molecule has 3 aromatic rings. The van der Waals surface area contributed by atoms with Crippen LogP contribution < -0.4 is 5.19 Å². The van der Waals surface area contributed by atoms with Gasteiger partial charge in [-0.2, -0.15) is 0 Å². The molecule has 0 bridgehead atoms. The highest BCUT2D eigenvalue weighted by molar-refractivity contribution is 7.13. The first-order valence-corrected chi connectivity index (χ1v) is 12.2. The molecule has 0 aliphatic rings. The van der Waals surface area contributed by atoms with Crippen LogP contribution in [-0.4, -0.2) is 8.07 Å². The van der Waals surface area contributed by atoms with Gasteiger partial charge in [0, 0.05) is 16.0 Å². The summed E-state index contributed by atoms with van der Waals surface area (Å²) in [5, 5.41) is 3.58. The first-order valence-electron chi connectivity index (χ1n) is 7.79. The van der Waals surface area contributed by atoms with Crippen molar-refractivity contribution in [2.45, 2.75) is 19.6 Å². The maximum atomic E-state index is 3.26. The summed E-state index contributed by atoms with van der Waals surface area (Å²) in [6.45, 7) is 7.09. The van der Waals surface area contributed by atoms with E-state index in [0.717, 1.165) is 11.1 Å². The first-order chi connectivity index (χ1) is 11.0. The Morgan fingerprint density at radius 2 is 1.30 bits per heavy atom. The average Bonchev–Trinajstić information content (AvgIpc) is 3.07. The van der Waals surface area contributed by atoms with Gasteiger partial charge in [0.2, 0.25) is 0 Å². The fourth-order valence-corrected chi connectivity index (χ4v) is 4.26. The summed E-state index contributed by atoms with van der Waals surface area (Å²) in [6, 6.07) is 21.4. The molecular weight excluding hydrogens is 312 g/mol. The predicted molar refractivity (Wildman–Crippen MR) is 105 cm³/mol. The molecule has 3 rings (SSSR count). The van der Waals surface area contributed by atoms with Crippen molar-refractivity contribution in [3.8, 4) is 22.3 Å². The zero-order valence-electron chi connectivity index (χ0n) is 13.8. The van der Waals surface area contributed by atoms with Gasteiger partial charge in [0.25, 0.3) is 0 Å². The van der Waals surface area contributed by atoms with Crippen molar-refractivity contribution in [2.75, 3.05) is 0 Å². The first kappa shape index (κ1) is 15.8. The second-order valence-electron chi connectivity index (χ2n) is 6.63. The standard InChI is InChI=1S/C21H20SSi/c1-23(2,3)20-14-10-18(11-15-20)7-6-17-8-12-19(13-9-17)21-5-4-16-22-21/h4-5,8-16H,1-3H3. The van der Waals surface area contributed by atoms with Crippen LogP contribution in [0.25, 0.3) is 10.4 Å². The molecule has 0 nitrogen and oxygen atoms in total. The second kappa shape index (κ2) is 6.58. The van der Waals surface area contributed by atoms with Crippen molar-refractivity contribution >= 4 is 24.6 Å². The van der Waals surface area contributed by atoms with Gasteiger partial charge in [0.15, 0.2) is 0 Å². The van der Waals surface area contributed by atoms with E-state index >= 15 is 0 Å². The third kappa shape index (κ3) is 4.01. The van der Waals surface area contributed by atoms with Gasteiger partial charge in [-0.3, -0.25) is 0 Å². The van der Waals surface area contributed by atoms with Gasteiger partial charge in [-0.05, 0) is 41.3 Å².